The van der Waals surface area contributed by atoms with Crippen LogP contribution in [-0.4, -0.2) is 53.9 Å². The molecule has 1 aromatic heterocycles. The molecule has 2 amide bonds. The van der Waals surface area contributed by atoms with E-state index in [0.29, 0.717) is 31.3 Å². The van der Waals surface area contributed by atoms with Gasteiger partial charge in [0.05, 0.1) is 17.7 Å². The van der Waals surface area contributed by atoms with Crippen LogP contribution in [0.4, 0.5) is 5.13 Å². The van der Waals surface area contributed by atoms with Crippen LogP contribution in [0, 0.1) is 12.3 Å². The smallest absolute Gasteiger partial charge is 0.245 e. The minimum Gasteiger partial charge on any atom is -0.382 e. The molecule has 24 heavy (non-hydrogen) atoms. The van der Waals surface area contributed by atoms with E-state index in [1.807, 2.05) is 19.2 Å². The van der Waals surface area contributed by atoms with Crippen LogP contribution in [0.5, 0.6) is 0 Å². The van der Waals surface area contributed by atoms with Gasteiger partial charge in [-0.15, -0.1) is 22.9 Å². The molecule has 0 aliphatic carbocycles. The van der Waals surface area contributed by atoms with Gasteiger partial charge in [-0.2, -0.15) is 0 Å². The third-order valence-electron chi connectivity index (χ3n) is 3.32. The fraction of sp³-hybridized carbons (Fsp3) is 0.688. The maximum atomic E-state index is 12.7. The lowest BCUT2D eigenvalue weighted by molar-refractivity contribution is -0.141. The van der Waals surface area contributed by atoms with Crippen molar-refractivity contribution in [2.24, 2.45) is 5.41 Å². The summed E-state index contributed by atoms with van der Waals surface area (Å²) in [6.45, 7) is 8.94. The van der Waals surface area contributed by atoms with E-state index in [2.05, 4.69) is 10.3 Å². The van der Waals surface area contributed by atoms with Crippen LogP contribution in [0.25, 0.3) is 0 Å². The molecule has 1 heterocycles. The first-order valence-corrected chi connectivity index (χ1v) is 9.36. The van der Waals surface area contributed by atoms with E-state index in [1.165, 1.54) is 16.2 Å². The van der Waals surface area contributed by atoms with E-state index in [0.717, 1.165) is 5.69 Å². The summed E-state index contributed by atoms with van der Waals surface area (Å²) in [7, 11) is 0. The summed E-state index contributed by atoms with van der Waals surface area (Å²) < 4.78 is 5.31. The highest BCUT2D eigenvalue weighted by Crippen LogP contribution is 2.21. The van der Waals surface area contributed by atoms with Gasteiger partial charge in [-0.25, -0.2) is 4.98 Å². The number of aromatic nitrogens is 1. The first-order valence-electron chi connectivity index (χ1n) is 7.95. The van der Waals surface area contributed by atoms with Crippen molar-refractivity contribution in [1.29, 1.82) is 0 Å². The molecule has 0 aromatic carbocycles. The van der Waals surface area contributed by atoms with E-state index in [9.17, 15) is 9.59 Å². The van der Waals surface area contributed by atoms with Gasteiger partial charge in [0.2, 0.25) is 11.8 Å². The monoisotopic (exact) mass is 375 g/mol. The molecule has 1 rings (SSSR count). The van der Waals surface area contributed by atoms with Gasteiger partial charge in [-0.1, -0.05) is 0 Å². The molecule has 0 fully saturated rings. The zero-order valence-corrected chi connectivity index (χ0v) is 16.3. The Balaban J connectivity index is 2.68. The minimum atomic E-state index is -0.717. The Labute approximate surface area is 152 Å². The van der Waals surface area contributed by atoms with E-state index in [-0.39, 0.29) is 24.2 Å². The largest absolute Gasteiger partial charge is 0.382 e. The third kappa shape index (κ3) is 6.75. The van der Waals surface area contributed by atoms with Crippen molar-refractivity contribution in [3.05, 3.63) is 11.1 Å². The van der Waals surface area contributed by atoms with Gasteiger partial charge in [0.15, 0.2) is 5.13 Å². The van der Waals surface area contributed by atoms with Crippen molar-refractivity contribution in [3.8, 4) is 0 Å². The van der Waals surface area contributed by atoms with Crippen LogP contribution in [0.1, 0.15) is 32.9 Å². The van der Waals surface area contributed by atoms with Gasteiger partial charge in [-0.3, -0.25) is 9.59 Å². The van der Waals surface area contributed by atoms with E-state index < -0.39 is 5.41 Å². The Kier molecular flexibility index (Phi) is 8.66. The lowest BCUT2D eigenvalue weighted by atomic mass is 9.94. The van der Waals surface area contributed by atoms with Crippen LogP contribution in [0.15, 0.2) is 5.38 Å². The number of carbonyl (C=O) groups excluding carboxylic acids is 2. The zero-order valence-electron chi connectivity index (χ0n) is 14.7. The SMILES string of the molecule is CCOCCCN(CC(=O)Nc1nc(C)cs1)C(=O)C(C)(C)CCl. The molecule has 1 N–H and O–H groups in total. The number of anilines is 1. The number of aryl methyl sites for hydroxylation is 1. The number of amides is 2. The topological polar surface area (TPSA) is 71.5 Å². The van der Waals surface area contributed by atoms with E-state index in [1.54, 1.807) is 13.8 Å². The van der Waals surface area contributed by atoms with E-state index in [4.69, 9.17) is 16.3 Å². The number of thiazole rings is 1. The van der Waals surface area contributed by atoms with Gasteiger partial charge in [0.1, 0.15) is 0 Å². The zero-order chi connectivity index (χ0) is 18.2. The number of hydrogen-bond acceptors (Lipinski definition) is 5. The Morgan fingerprint density at radius 2 is 2.17 bits per heavy atom. The number of rotatable bonds is 10. The van der Waals surface area contributed by atoms with Crippen LogP contribution in [0.2, 0.25) is 0 Å². The molecule has 1 aromatic rings. The third-order valence-corrected chi connectivity index (χ3v) is 4.86. The second-order valence-electron chi connectivity index (χ2n) is 6.14. The molecule has 0 bridgehead atoms. The van der Waals surface area contributed by atoms with E-state index >= 15 is 0 Å². The van der Waals surface area contributed by atoms with Crippen molar-refractivity contribution >= 4 is 39.9 Å². The van der Waals surface area contributed by atoms with Crippen LogP contribution in [0.3, 0.4) is 0 Å². The number of hydrogen-bond donors (Lipinski definition) is 1. The summed E-state index contributed by atoms with van der Waals surface area (Å²) in [6, 6.07) is 0. The molecular weight excluding hydrogens is 350 g/mol. The van der Waals surface area contributed by atoms with Crippen molar-refractivity contribution in [2.45, 2.75) is 34.1 Å². The van der Waals surface area contributed by atoms with Crippen molar-refractivity contribution in [3.63, 3.8) is 0 Å². The van der Waals surface area contributed by atoms with Crippen molar-refractivity contribution < 1.29 is 14.3 Å². The Morgan fingerprint density at radius 1 is 1.46 bits per heavy atom. The average molecular weight is 376 g/mol. The van der Waals surface area contributed by atoms with Crippen molar-refractivity contribution in [2.75, 3.05) is 37.5 Å². The number of carbonyl (C=O) groups is 2. The second-order valence-corrected chi connectivity index (χ2v) is 7.26. The highest BCUT2D eigenvalue weighted by molar-refractivity contribution is 7.13. The molecule has 0 spiro atoms. The highest BCUT2D eigenvalue weighted by Gasteiger charge is 2.32. The molecule has 136 valence electrons. The molecule has 6 nitrogen and oxygen atoms in total. The van der Waals surface area contributed by atoms with Gasteiger partial charge < -0.3 is 15.0 Å². The first kappa shape index (κ1) is 20.9. The Morgan fingerprint density at radius 3 is 2.71 bits per heavy atom. The summed E-state index contributed by atoms with van der Waals surface area (Å²) in [5.74, 6) is -0.208. The molecule has 0 radical (unpaired) electrons. The average Bonchev–Trinajstić information content (AvgIpc) is 2.94. The lowest BCUT2D eigenvalue weighted by Crippen LogP contribution is -2.46. The standard InChI is InChI=1S/C16H26ClN3O3S/c1-5-23-8-6-7-20(14(22)16(3,4)11-17)9-13(21)19-15-18-12(2)10-24-15/h10H,5-9,11H2,1-4H3,(H,18,19,21). The first-order chi connectivity index (χ1) is 11.3. The molecular formula is C16H26ClN3O3S. The summed E-state index contributed by atoms with van der Waals surface area (Å²) in [6.07, 6.45) is 0.668. The molecule has 0 saturated heterocycles. The predicted molar refractivity (Wildman–Crippen MR) is 97.7 cm³/mol. The van der Waals surface area contributed by atoms with Crippen LogP contribution in [-0.2, 0) is 14.3 Å². The molecule has 0 unspecified atom stereocenters. The molecule has 8 heteroatoms. The van der Waals surface area contributed by atoms with Gasteiger partial charge in [0.25, 0.3) is 0 Å². The number of alkyl halides is 1. The van der Waals surface area contributed by atoms with Gasteiger partial charge in [0, 0.05) is 31.0 Å². The number of nitrogens with one attached hydrogen (secondary N) is 1. The maximum absolute atomic E-state index is 12.7. The van der Waals surface area contributed by atoms with Crippen LogP contribution >= 0.6 is 22.9 Å². The Bertz CT molecular complexity index is 548. The minimum absolute atomic E-state index is 0.0239. The lowest BCUT2D eigenvalue weighted by Gasteiger charge is -2.30. The summed E-state index contributed by atoms with van der Waals surface area (Å²) >= 11 is 7.26. The quantitative estimate of drug-likeness (QED) is 0.504. The molecule has 0 aliphatic rings. The summed E-state index contributed by atoms with van der Waals surface area (Å²) in [5.41, 5.74) is 0.133. The summed E-state index contributed by atoms with van der Waals surface area (Å²) in [5, 5.41) is 5.13. The fourth-order valence-corrected chi connectivity index (χ4v) is 2.80. The molecule has 0 saturated carbocycles. The second kappa shape index (κ2) is 9.96. The summed E-state index contributed by atoms with van der Waals surface area (Å²) in [4.78, 5) is 30.6. The number of ether oxygens (including phenoxy) is 1. The maximum Gasteiger partial charge on any atom is 0.245 e. The predicted octanol–water partition coefficient (Wildman–Crippen LogP) is 2.91. The normalized spacial score (nSPS) is 11.4. The van der Waals surface area contributed by atoms with Crippen molar-refractivity contribution in [1.82, 2.24) is 9.88 Å². The fourth-order valence-electron chi connectivity index (χ4n) is 1.98. The molecule has 0 atom stereocenters. The molecule has 0 aliphatic heterocycles. The highest BCUT2D eigenvalue weighted by atomic mass is 35.5. The van der Waals surface area contributed by atoms with Crippen LogP contribution < -0.4 is 5.32 Å². The van der Waals surface area contributed by atoms with Gasteiger partial charge in [-0.05, 0) is 34.1 Å². The van der Waals surface area contributed by atoms with Gasteiger partial charge >= 0.3 is 0 Å². The Hall–Kier alpha value is -1.18. The number of halogens is 1. The number of nitrogens with zero attached hydrogens (tertiary/aromatic N) is 2.